The number of amides is 1. The first-order valence-electron chi connectivity index (χ1n) is 8.81. The summed E-state index contributed by atoms with van der Waals surface area (Å²) in [6.45, 7) is 4.08. The number of ether oxygens (including phenoxy) is 1. The Morgan fingerprint density at radius 2 is 2.04 bits per heavy atom. The van der Waals surface area contributed by atoms with Crippen molar-refractivity contribution >= 4 is 29.3 Å². The number of non-ortho nitro benzene ring substituents is 1. The molecule has 1 aromatic rings. The Bertz CT molecular complexity index is 708. The average molecular weight is 378 g/mol. The minimum atomic E-state index is -0.529. The fourth-order valence-electron chi connectivity index (χ4n) is 3.84. The van der Waals surface area contributed by atoms with Gasteiger partial charge < -0.3 is 9.64 Å². The molecule has 0 N–H and O–H groups in total. The molecule has 2 heterocycles. The van der Waals surface area contributed by atoms with Crippen LogP contribution in [0.25, 0.3) is 0 Å². The lowest BCUT2D eigenvalue weighted by Crippen LogP contribution is -2.62. The van der Waals surface area contributed by atoms with Gasteiger partial charge in [0.25, 0.3) is 5.69 Å². The molecule has 0 aliphatic carbocycles. The normalized spacial score (nSPS) is 27.0. The third kappa shape index (κ3) is 3.30. The third-order valence-electron chi connectivity index (χ3n) is 5.11. The van der Waals surface area contributed by atoms with Crippen molar-refractivity contribution in [2.75, 3.05) is 5.75 Å². The molecule has 7 nitrogen and oxygen atoms in total. The van der Waals surface area contributed by atoms with Gasteiger partial charge in [-0.2, -0.15) is 11.8 Å². The fraction of sp³-hybridized carbons (Fsp3) is 0.556. The molecule has 0 spiro atoms. The summed E-state index contributed by atoms with van der Waals surface area (Å²) in [6, 6.07) is 5.53. The highest BCUT2D eigenvalue weighted by Crippen LogP contribution is 2.45. The van der Waals surface area contributed by atoms with Crippen LogP contribution in [0.1, 0.15) is 32.3 Å². The molecule has 2 aliphatic rings. The Labute approximate surface area is 156 Å². The van der Waals surface area contributed by atoms with Gasteiger partial charge in [-0.05, 0) is 36.3 Å². The second-order valence-corrected chi connectivity index (χ2v) is 8.05. The first kappa shape index (κ1) is 18.7. The van der Waals surface area contributed by atoms with Gasteiger partial charge in [0.05, 0.1) is 10.8 Å². The van der Waals surface area contributed by atoms with E-state index in [4.69, 9.17) is 4.74 Å². The standard InChI is InChI=1S/C18H22N2O5S/c1-3-13-14-9-15(26-4-2)16(19(14)17(13)21)18(22)25-10-11-5-7-12(8-6-11)20(23)24/h5-8,13-16H,3-4,9-10H2,1-2H3/t13-,14?,15?,16?/m0/s1. The van der Waals surface area contributed by atoms with Crippen LogP contribution in [0.2, 0.25) is 0 Å². The summed E-state index contributed by atoms with van der Waals surface area (Å²) >= 11 is 1.69. The van der Waals surface area contributed by atoms with Gasteiger partial charge in [-0.15, -0.1) is 0 Å². The van der Waals surface area contributed by atoms with E-state index in [0.29, 0.717) is 5.56 Å². The van der Waals surface area contributed by atoms with E-state index in [1.54, 1.807) is 28.8 Å². The molecule has 2 aliphatic heterocycles. The molecule has 2 fully saturated rings. The quantitative estimate of drug-likeness (QED) is 0.314. The van der Waals surface area contributed by atoms with Crippen molar-refractivity contribution in [3.8, 4) is 0 Å². The number of esters is 1. The number of benzene rings is 1. The Morgan fingerprint density at radius 1 is 1.35 bits per heavy atom. The summed E-state index contributed by atoms with van der Waals surface area (Å²) < 4.78 is 5.44. The molecule has 1 aromatic carbocycles. The minimum Gasteiger partial charge on any atom is -0.459 e. The van der Waals surface area contributed by atoms with E-state index in [9.17, 15) is 19.7 Å². The summed E-state index contributed by atoms with van der Waals surface area (Å²) in [4.78, 5) is 37.0. The van der Waals surface area contributed by atoms with Crippen LogP contribution in [0.15, 0.2) is 24.3 Å². The van der Waals surface area contributed by atoms with Gasteiger partial charge >= 0.3 is 5.97 Å². The number of nitro groups is 1. The molecule has 1 amide bonds. The topological polar surface area (TPSA) is 89.8 Å². The van der Waals surface area contributed by atoms with E-state index < -0.39 is 11.0 Å². The number of rotatable bonds is 7. The first-order valence-corrected chi connectivity index (χ1v) is 9.86. The van der Waals surface area contributed by atoms with Crippen molar-refractivity contribution in [2.24, 2.45) is 5.92 Å². The van der Waals surface area contributed by atoms with E-state index in [1.165, 1.54) is 12.1 Å². The third-order valence-corrected chi connectivity index (χ3v) is 6.32. The molecule has 140 valence electrons. The van der Waals surface area contributed by atoms with Crippen molar-refractivity contribution in [3.63, 3.8) is 0 Å². The highest BCUT2D eigenvalue weighted by molar-refractivity contribution is 7.99. The maximum absolute atomic E-state index is 12.7. The smallest absolute Gasteiger partial charge is 0.330 e. The predicted molar refractivity (Wildman–Crippen MR) is 97.6 cm³/mol. The van der Waals surface area contributed by atoms with Crippen LogP contribution in [0, 0.1) is 16.0 Å². The number of carbonyl (C=O) groups excluding carboxylic acids is 2. The van der Waals surface area contributed by atoms with Gasteiger partial charge in [-0.25, -0.2) is 4.79 Å². The number of thioether (sulfide) groups is 1. The van der Waals surface area contributed by atoms with E-state index >= 15 is 0 Å². The van der Waals surface area contributed by atoms with E-state index in [1.807, 2.05) is 13.8 Å². The van der Waals surface area contributed by atoms with Crippen molar-refractivity contribution in [1.29, 1.82) is 0 Å². The molecule has 0 bridgehead atoms. The maximum Gasteiger partial charge on any atom is 0.330 e. The Balaban J connectivity index is 1.65. The van der Waals surface area contributed by atoms with Crippen LogP contribution >= 0.6 is 11.8 Å². The predicted octanol–water partition coefficient (Wildman–Crippen LogP) is 2.77. The largest absolute Gasteiger partial charge is 0.459 e. The van der Waals surface area contributed by atoms with Gasteiger partial charge in [-0.3, -0.25) is 14.9 Å². The van der Waals surface area contributed by atoms with Gasteiger partial charge in [0.15, 0.2) is 0 Å². The second kappa shape index (κ2) is 7.65. The zero-order valence-electron chi connectivity index (χ0n) is 14.8. The zero-order chi connectivity index (χ0) is 18.8. The lowest BCUT2D eigenvalue weighted by Gasteiger charge is -2.44. The molecule has 0 saturated carbocycles. The van der Waals surface area contributed by atoms with Crippen molar-refractivity contribution in [2.45, 2.75) is 50.6 Å². The maximum atomic E-state index is 12.7. The number of carbonyl (C=O) groups is 2. The number of nitrogens with zero attached hydrogens (tertiary/aromatic N) is 2. The van der Waals surface area contributed by atoms with E-state index in [0.717, 1.165) is 18.6 Å². The minimum absolute atomic E-state index is 0.00472. The summed E-state index contributed by atoms with van der Waals surface area (Å²) in [5.74, 6) is 0.568. The molecule has 2 saturated heterocycles. The van der Waals surface area contributed by atoms with Crippen molar-refractivity contribution in [3.05, 3.63) is 39.9 Å². The molecule has 0 radical (unpaired) electrons. The van der Waals surface area contributed by atoms with Crippen LogP contribution < -0.4 is 0 Å². The molecule has 4 atom stereocenters. The lowest BCUT2D eigenvalue weighted by atomic mass is 9.86. The first-order chi connectivity index (χ1) is 12.5. The van der Waals surface area contributed by atoms with Gasteiger partial charge in [0.2, 0.25) is 5.91 Å². The van der Waals surface area contributed by atoms with Gasteiger partial charge in [0.1, 0.15) is 12.6 Å². The molecule has 26 heavy (non-hydrogen) atoms. The van der Waals surface area contributed by atoms with Gasteiger partial charge in [0, 0.05) is 23.4 Å². The second-order valence-electron chi connectivity index (χ2n) is 6.53. The molecule has 0 aromatic heterocycles. The Morgan fingerprint density at radius 3 is 2.62 bits per heavy atom. The molecule has 3 unspecified atom stereocenters. The highest BCUT2D eigenvalue weighted by atomic mass is 32.2. The van der Waals surface area contributed by atoms with Crippen molar-refractivity contribution in [1.82, 2.24) is 4.90 Å². The van der Waals surface area contributed by atoms with E-state index in [-0.39, 0.29) is 41.4 Å². The Kier molecular flexibility index (Phi) is 5.50. The number of fused-ring (bicyclic) bond motifs is 1. The van der Waals surface area contributed by atoms with Crippen LogP contribution in [0.3, 0.4) is 0 Å². The summed E-state index contributed by atoms with van der Waals surface area (Å²) in [5, 5.41) is 10.8. The average Bonchev–Trinajstić information content (AvgIpc) is 2.95. The highest BCUT2D eigenvalue weighted by Gasteiger charge is 2.59. The van der Waals surface area contributed by atoms with Crippen LogP contribution in [0.5, 0.6) is 0 Å². The lowest BCUT2D eigenvalue weighted by molar-refractivity contribution is -0.384. The monoisotopic (exact) mass is 378 g/mol. The van der Waals surface area contributed by atoms with E-state index in [2.05, 4.69) is 0 Å². The van der Waals surface area contributed by atoms with Crippen LogP contribution in [0.4, 0.5) is 5.69 Å². The van der Waals surface area contributed by atoms with Crippen LogP contribution in [-0.4, -0.2) is 44.8 Å². The summed E-state index contributed by atoms with van der Waals surface area (Å²) in [6.07, 6.45) is 1.63. The SMILES string of the molecule is CCSC1CC2[C@H](CC)C(=O)N2C1C(=O)OCc1ccc([N+](=O)[O-])cc1. The number of hydrogen-bond acceptors (Lipinski definition) is 6. The fourth-order valence-corrected chi connectivity index (χ4v) is 5.02. The number of hydrogen-bond donors (Lipinski definition) is 0. The summed E-state index contributed by atoms with van der Waals surface area (Å²) in [7, 11) is 0. The Hall–Kier alpha value is -2.09. The summed E-state index contributed by atoms with van der Waals surface area (Å²) in [5.41, 5.74) is 0.675. The molecule has 8 heteroatoms. The van der Waals surface area contributed by atoms with Crippen LogP contribution in [-0.2, 0) is 20.9 Å². The zero-order valence-corrected chi connectivity index (χ0v) is 15.6. The molecular formula is C18H22N2O5S. The molecule has 3 rings (SSSR count). The molecular weight excluding hydrogens is 356 g/mol. The number of β-lactam (4-membered cyclic amide) rings is 1. The van der Waals surface area contributed by atoms with Gasteiger partial charge in [-0.1, -0.05) is 13.8 Å². The van der Waals surface area contributed by atoms with Crippen molar-refractivity contribution < 1.29 is 19.2 Å². The number of nitro benzene ring substituents is 1.